The van der Waals surface area contributed by atoms with E-state index in [9.17, 15) is 9.59 Å². The first kappa shape index (κ1) is 15.9. The predicted molar refractivity (Wildman–Crippen MR) is 101 cm³/mol. The molecule has 0 atom stereocenters. The Morgan fingerprint density at radius 3 is 2.68 bits per heavy atom. The predicted octanol–water partition coefficient (Wildman–Crippen LogP) is 4.48. The summed E-state index contributed by atoms with van der Waals surface area (Å²) in [7, 11) is 0. The van der Waals surface area contributed by atoms with Gasteiger partial charge in [-0.25, -0.2) is 14.7 Å². The second kappa shape index (κ2) is 6.70. The van der Waals surface area contributed by atoms with E-state index in [4.69, 9.17) is 0 Å². The number of thioether (sulfide) groups is 1. The molecule has 124 valence electrons. The maximum atomic E-state index is 12.6. The summed E-state index contributed by atoms with van der Waals surface area (Å²) in [5, 5.41) is 5.08. The van der Waals surface area contributed by atoms with Gasteiger partial charge in [0, 0.05) is 15.8 Å². The lowest BCUT2D eigenvalue weighted by Crippen LogP contribution is -2.43. The summed E-state index contributed by atoms with van der Waals surface area (Å²) in [6.45, 7) is 0. The molecule has 0 fully saturated rings. The molecule has 2 heterocycles. The number of nitrogens with one attached hydrogen (secondary N) is 1. The van der Waals surface area contributed by atoms with Crippen LogP contribution in [0, 0.1) is 0 Å². The molecule has 3 amide bonds. The molecule has 0 radical (unpaired) electrons. The van der Waals surface area contributed by atoms with Gasteiger partial charge in [0.15, 0.2) is 5.13 Å². The van der Waals surface area contributed by atoms with Crippen LogP contribution in [0.15, 0.2) is 64.9 Å². The quantitative estimate of drug-likeness (QED) is 0.725. The Balaban J connectivity index is 1.57. The number of benzene rings is 2. The molecule has 1 aliphatic rings. The summed E-state index contributed by atoms with van der Waals surface area (Å²) >= 11 is 2.77. The van der Waals surface area contributed by atoms with Gasteiger partial charge in [0.25, 0.3) is 0 Å². The number of imide groups is 1. The third kappa shape index (κ3) is 3.16. The fourth-order valence-electron chi connectivity index (χ4n) is 2.55. The number of fused-ring (bicyclic) bond motifs is 1. The lowest BCUT2D eigenvalue weighted by Gasteiger charge is -2.26. The van der Waals surface area contributed by atoms with Crippen LogP contribution < -0.4 is 10.2 Å². The van der Waals surface area contributed by atoms with Crippen LogP contribution in [0.3, 0.4) is 0 Å². The molecule has 0 saturated heterocycles. The van der Waals surface area contributed by atoms with Crippen LogP contribution in [-0.4, -0.2) is 22.7 Å². The Bertz CT molecular complexity index is 940. The maximum Gasteiger partial charge on any atom is 0.335 e. The van der Waals surface area contributed by atoms with Crippen molar-refractivity contribution in [3.05, 3.63) is 60.0 Å². The first-order valence-corrected chi connectivity index (χ1v) is 9.45. The van der Waals surface area contributed by atoms with E-state index in [0.717, 1.165) is 16.2 Å². The van der Waals surface area contributed by atoms with Crippen LogP contribution in [-0.2, 0) is 4.79 Å². The van der Waals surface area contributed by atoms with E-state index in [1.165, 1.54) is 28.0 Å². The van der Waals surface area contributed by atoms with Gasteiger partial charge in [-0.3, -0.25) is 10.1 Å². The Kier molecular flexibility index (Phi) is 4.25. The van der Waals surface area contributed by atoms with Gasteiger partial charge in [0.2, 0.25) is 5.91 Å². The van der Waals surface area contributed by atoms with Crippen molar-refractivity contribution in [2.75, 3.05) is 16.0 Å². The Hall–Kier alpha value is -2.64. The zero-order chi connectivity index (χ0) is 17.2. The fourth-order valence-corrected chi connectivity index (χ4v) is 4.14. The highest BCUT2D eigenvalue weighted by molar-refractivity contribution is 8.00. The van der Waals surface area contributed by atoms with Crippen molar-refractivity contribution < 1.29 is 9.59 Å². The van der Waals surface area contributed by atoms with Gasteiger partial charge in [-0.1, -0.05) is 42.5 Å². The van der Waals surface area contributed by atoms with Crippen molar-refractivity contribution in [3.8, 4) is 11.3 Å². The number of hydrogen-bond acceptors (Lipinski definition) is 5. The molecular formula is C18H13N3O2S2. The number of nitrogens with zero attached hydrogens (tertiary/aromatic N) is 2. The second-order valence-electron chi connectivity index (χ2n) is 5.32. The first-order valence-electron chi connectivity index (χ1n) is 7.59. The maximum absolute atomic E-state index is 12.6. The number of para-hydroxylation sites is 1. The van der Waals surface area contributed by atoms with Crippen LogP contribution in [0.5, 0.6) is 0 Å². The Labute approximate surface area is 152 Å². The molecular weight excluding hydrogens is 354 g/mol. The SMILES string of the molecule is O=C1CSc2ccccc2N1C(=O)Nc1nc(-c2ccccc2)cs1. The van der Waals surface area contributed by atoms with Gasteiger partial charge in [-0.2, -0.15) is 0 Å². The minimum atomic E-state index is -0.480. The molecule has 1 aromatic heterocycles. The van der Waals surface area contributed by atoms with Crippen molar-refractivity contribution in [2.45, 2.75) is 4.90 Å². The zero-order valence-electron chi connectivity index (χ0n) is 13.0. The average Bonchev–Trinajstić information content (AvgIpc) is 3.10. The van der Waals surface area contributed by atoms with Gasteiger partial charge < -0.3 is 0 Å². The molecule has 1 aliphatic heterocycles. The smallest absolute Gasteiger partial charge is 0.283 e. The van der Waals surface area contributed by atoms with Crippen LogP contribution in [0.1, 0.15) is 0 Å². The summed E-state index contributed by atoms with van der Waals surface area (Å²) in [5.41, 5.74) is 2.39. The molecule has 0 aliphatic carbocycles. The van der Waals surface area contributed by atoms with Crippen molar-refractivity contribution in [3.63, 3.8) is 0 Å². The van der Waals surface area contributed by atoms with Crippen LogP contribution in [0.25, 0.3) is 11.3 Å². The Morgan fingerprint density at radius 2 is 1.84 bits per heavy atom. The molecule has 2 aromatic carbocycles. The van der Waals surface area contributed by atoms with E-state index in [1.807, 2.05) is 53.9 Å². The molecule has 0 bridgehead atoms. The molecule has 0 spiro atoms. The van der Waals surface area contributed by atoms with Crippen molar-refractivity contribution in [2.24, 2.45) is 0 Å². The second-order valence-corrected chi connectivity index (χ2v) is 7.19. The van der Waals surface area contributed by atoms with E-state index in [-0.39, 0.29) is 11.7 Å². The van der Waals surface area contributed by atoms with Gasteiger partial charge in [-0.15, -0.1) is 23.1 Å². The number of aromatic nitrogens is 1. The first-order chi connectivity index (χ1) is 12.2. The fraction of sp³-hybridized carbons (Fsp3) is 0.0556. The lowest BCUT2D eigenvalue weighted by molar-refractivity contribution is -0.115. The summed E-state index contributed by atoms with van der Waals surface area (Å²) in [5.74, 6) is 0.0124. The van der Waals surface area contributed by atoms with Gasteiger partial charge in [0.05, 0.1) is 17.1 Å². The number of hydrogen-bond donors (Lipinski definition) is 1. The largest absolute Gasteiger partial charge is 0.335 e. The summed E-state index contributed by atoms with van der Waals surface area (Å²) < 4.78 is 0. The van der Waals surface area contributed by atoms with Gasteiger partial charge >= 0.3 is 6.03 Å². The Morgan fingerprint density at radius 1 is 1.08 bits per heavy atom. The highest BCUT2D eigenvalue weighted by Crippen LogP contribution is 2.35. The monoisotopic (exact) mass is 367 g/mol. The van der Waals surface area contributed by atoms with Crippen molar-refractivity contribution in [1.29, 1.82) is 0 Å². The molecule has 0 unspecified atom stereocenters. The minimum Gasteiger partial charge on any atom is -0.283 e. The summed E-state index contributed by atoms with van der Waals surface area (Å²) in [6.07, 6.45) is 0. The number of amides is 3. The molecule has 1 N–H and O–H groups in total. The van der Waals surface area contributed by atoms with Crippen LogP contribution >= 0.6 is 23.1 Å². The topological polar surface area (TPSA) is 62.3 Å². The number of anilines is 2. The van der Waals surface area contributed by atoms with Gasteiger partial charge in [0.1, 0.15) is 0 Å². The summed E-state index contributed by atoms with van der Waals surface area (Å²) in [4.78, 5) is 31.4. The van der Waals surface area contributed by atoms with E-state index in [1.54, 1.807) is 6.07 Å². The number of carbonyl (C=O) groups is 2. The average molecular weight is 367 g/mol. The zero-order valence-corrected chi connectivity index (χ0v) is 14.6. The highest BCUT2D eigenvalue weighted by Gasteiger charge is 2.30. The third-order valence-electron chi connectivity index (χ3n) is 3.70. The van der Waals surface area contributed by atoms with Crippen molar-refractivity contribution in [1.82, 2.24) is 4.98 Å². The van der Waals surface area contributed by atoms with Crippen LogP contribution in [0.2, 0.25) is 0 Å². The van der Waals surface area contributed by atoms with E-state index in [0.29, 0.717) is 10.8 Å². The molecule has 25 heavy (non-hydrogen) atoms. The highest BCUT2D eigenvalue weighted by atomic mass is 32.2. The lowest BCUT2D eigenvalue weighted by atomic mass is 10.2. The molecule has 5 nitrogen and oxygen atoms in total. The molecule has 4 rings (SSSR count). The molecule has 3 aromatic rings. The normalized spacial score (nSPS) is 13.4. The number of urea groups is 1. The van der Waals surface area contributed by atoms with E-state index in [2.05, 4.69) is 10.3 Å². The van der Waals surface area contributed by atoms with E-state index >= 15 is 0 Å². The minimum absolute atomic E-state index is 0.235. The standard InChI is InChI=1S/C18H13N3O2S2/c22-16-11-24-15-9-5-4-8-14(15)21(16)18(23)20-17-19-13(10-25-17)12-6-2-1-3-7-12/h1-10H,11H2,(H,19,20,23). The molecule has 7 heteroatoms. The van der Waals surface area contributed by atoms with Gasteiger partial charge in [-0.05, 0) is 12.1 Å². The number of carbonyl (C=O) groups excluding carboxylic acids is 2. The third-order valence-corrected chi connectivity index (χ3v) is 5.50. The summed E-state index contributed by atoms with van der Waals surface area (Å²) in [6, 6.07) is 16.6. The van der Waals surface area contributed by atoms with Crippen molar-refractivity contribution >= 4 is 45.9 Å². The number of rotatable bonds is 2. The number of thiazole rings is 1. The van der Waals surface area contributed by atoms with Crippen LogP contribution in [0.4, 0.5) is 15.6 Å². The molecule has 0 saturated carbocycles. The van der Waals surface area contributed by atoms with E-state index < -0.39 is 6.03 Å².